The number of carbonyl (C=O) groups excluding carboxylic acids is 1. The van der Waals surface area contributed by atoms with Crippen molar-refractivity contribution in [1.82, 2.24) is 10.2 Å². The average molecular weight is 258 g/mol. The molecule has 0 heterocycles. The Kier molecular flexibility index (Phi) is 11.1. The van der Waals surface area contributed by atoms with Gasteiger partial charge in [0.05, 0.1) is 6.54 Å². The summed E-state index contributed by atoms with van der Waals surface area (Å²) < 4.78 is 5.26. The van der Waals surface area contributed by atoms with Crippen molar-refractivity contribution < 1.29 is 9.53 Å². The topological polar surface area (TPSA) is 41.6 Å². The van der Waals surface area contributed by atoms with E-state index in [9.17, 15) is 4.79 Å². The lowest BCUT2D eigenvalue weighted by Crippen LogP contribution is -2.37. The minimum absolute atomic E-state index is 0.128. The van der Waals surface area contributed by atoms with Crippen molar-refractivity contribution in [2.45, 2.75) is 40.0 Å². The van der Waals surface area contributed by atoms with Crippen molar-refractivity contribution in [2.24, 2.45) is 5.92 Å². The Morgan fingerprint density at radius 1 is 1.28 bits per heavy atom. The second-order valence-electron chi connectivity index (χ2n) is 5.20. The molecule has 108 valence electrons. The minimum Gasteiger partial charge on any atom is -0.382 e. The van der Waals surface area contributed by atoms with Crippen LogP contribution in [-0.2, 0) is 9.53 Å². The molecule has 0 saturated carbocycles. The Morgan fingerprint density at radius 2 is 2.00 bits per heavy atom. The molecule has 0 aromatic rings. The maximum atomic E-state index is 11.6. The maximum Gasteiger partial charge on any atom is 0.234 e. The van der Waals surface area contributed by atoms with Crippen LogP contribution in [0.4, 0.5) is 0 Å². The monoisotopic (exact) mass is 258 g/mol. The van der Waals surface area contributed by atoms with E-state index in [1.165, 1.54) is 0 Å². The maximum absolute atomic E-state index is 11.6. The number of nitrogens with zero attached hydrogens (tertiary/aromatic N) is 1. The number of likely N-dealkylation sites (N-methyl/N-ethyl adjacent to an activating group) is 1. The fourth-order valence-electron chi connectivity index (χ4n) is 1.87. The fourth-order valence-corrected chi connectivity index (χ4v) is 1.87. The van der Waals surface area contributed by atoms with Crippen molar-refractivity contribution in [3.05, 3.63) is 0 Å². The normalized spacial score (nSPS) is 11.2. The van der Waals surface area contributed by atoms with Crippen LogP contribution in [0.2, 0.25) is 0 Å². The van der Waals surface area contributed by atoms with Crippen molar-refractivity contribution >= 4 is 5.91 Å². The van der Waals surface area contributed by atoms with Crippen molar-refractivity contribution in [1.29, 1.82) is 0 Å². The van der Waals surface area contributed by atoms with Gasteiger partial charge in [0.25, 0.3) is 0 Å². The average Bonchev–Trinajstić information content (AvgIpc) is 2.26. The molecule has 0 aromatic carbocycles. The molecule has 0 aliphatic carbocycles. The summed E-state index contributed by atoms with van der Waals surface area (Å²) in [6, 6.07) is 0. The van der Waals surface area contributed by atoms with Crippen LogP contribution in [0.25, 0.3) is 0 Å². The van der Waals surface area contributed by atoms with E-state index in [2.05, 4.69) is 24.1 Å². The molecule has 0 fully saturated rings. The number of hydrogen-bond acceptors (Lipinski definition) is 3. The highest BCUT2D eigenvalue weighted by molar-refractivity contribution is 5.77. The number of ether oxygens (including phenoxy) is 1. The smallest absolute Gasteiger partial charge is 0.234 e. The van der Waals surface area contributed by atoms with Crippen LogP contribution < -0.4 is 5.32 Å². The predicted octanol–water partition coefficient (Wildman–Crippen LogP) is 1.90. The van der Waals surface area contributed by atoms with Gasteiger partial charge >= 0.3 is 0 Å². The van der Waals surface area contributed by atoms with Crippen LogP contribution in [-0.4, -0.2) is 50.7 Å². The third kappa shape index (κ3) is 11.9. The van der Waals surface area contributed by atoms with Gasteiger partial charge in [-0.05, 0) is 39.2 Å². The van der Waals surface area contributed by atoms with E-state index in [4.69, 9.17) is 4.74 Å². The van der Waals surface area contributed by atoms with Crippen LogP contribution in [0.1, 0.15) is 40.0 Å². The first-order valence-electron chi connectivity index (χ1n) is 7.09. The summed E-state index contributed by atoms with van der Waals surface area (Å²) in [4.78, 5) is 13.7. The third-order valence-electron chi connectivity index (χ3n) is 2.58. The summed E-state index contributed by atoms with van der Waals surface area (Å²) in [7, 11) is 1.99. The molecule has 18 heavy (non-hydrogen) atoms. The summed E-state index contributed by atoms with van der Waals surface area (Å²) in [5.74, 6) is 0.726. The van der Waals surface area contributed by atoms with Crippen molar-refractivity contribution in [3.63, 3.8) is 0 Å². The summed E-state index contributed by atoms with van der Waals surface area (Å²) in [6.45, 7) is 10.2. The molecule has 0 bridgehead atoms. The second-order valence-corrected chi connectivity index (χ2v) is 5.20. The van der Waals surface area contributed by atoms with Gasteiger partial charge in [-0.15, -0.1) is 0 Å². The molecule has 0 aliphatic heterocycles. The van der Waals surface area contributed by atoms with Gasteiger partial charge < -0.3 is 10.1 Å². The second kappa shape index (κ2) is 11.5. The van der Waals surface area contributed by atoms with Crippen LogP contribution in [0.5, 0.6) is 0 Å². The molecule has 0 atom stereocenters. The first-order chi connectivity index (χ1) is 8.56. The number of amides is 1. The minimum atomic E-state index is 0.128. The van der Waals surface area contributed by atoms with Gasteiger partial charge in [-0.25, -0.2) is 0 Å². The first kappa shape index (κ1) is 17.4. The quantitative estimate of drug-likeness (QED) is 0.576. The van der Waals surface area contributed by atoms with Crippen LogP contribution in [0.3, 0.4) is 0 Å². The molecule has 0 spiro atoms. The largest absolute Gasteiger partial charge is 0.382 e. The van der Waals surface area contributed by atoms with Crippen molar-refractivity contribution in [2.75, 3.05) is 39.9 Å². The summed E-state index contributed by atoms with van der Waals surface area (Å²) in [5, 5.41) is 2.96. The Bertz CT molecular complexity index is 208. The SMILES string of the molecule is CCOCCCCCNC(=O)CN(C)CC(C)C. The van der Waals surface area contributed by atoms with E-state index >= 15 is 0 Å². The number of hydrogen-bond donors (Lipinski definition) is 1. The molecule has 4 nitrogen and oxygen atoms in total. The molecule has 1 amide bonds. The molecule has 0 aromatic heterocycles. The molecule has 0 unspecified atom stereocenters. The molecule has 0 rings (SSSR count). The zero-order valence-electron chi connectivity index (χ0n) is 12.5. The lowest BCUT2D eigenvalue weighted by atomic mass is 10.2. The number of carbonyl (C=O) groups is 1. The van der Waals surface area contributed by atoms with Crippen LogP contribution in [0.15, 0.2) is 0 Å². The van der Waals surface area contributed by atoms with Gasteiger partial charge in [0.1, 0.15) is 0 Å². The van der Waals surface area contributed by atoms with E-state index in [1.54, 1.807) is 0 Å². The summed E-state index contributed by atoms with van der Waals surface area (Å²) in [5.41, 5.74) is 0. The lowest BCUT2D eigenvalue weighted by Gasteiger charge is -2.18. The van der Waals surface area contributed by atoms with E-state index in [1.807, 2.05) is 14.0 Å². The highest BCUT2D eigenvalue weighted by atomic mass is 16.5. The Labute approximate surface area is 112 Å². The molecule has 0 radical (unpaired) electrons. The van der Waals surface area contributed by atoms with E-state index in [-0.39, 0.29) is 5.91 Å². The van der Waals surface area contributed by atoms with Gasteiger partial charge in [0.15, 0.2) is 0 Å². The number of nitrogens with one attached hydrogen (secondary N) is 1. The van der Waals surface area contributed by atoms with Gasteiger partial charge in [0, 0.05) is 26.3 Å². The van der Waals surface area contributed by atoms with Gasteiger partial charge in [-0.2, -0.15) is 0 Å². The lowest BCUT2D eigenvalue weighted by molar-refractivity contribution is -0.122. The fraction of sp³-hybridized carbons (Fsp3) is 0.929. The van der Waals surface area contributed by atoms with E-state index in [0.29, 0.717) is 12.5 Å². The first-order valence-corrected chi connectivity index (χ1v) is 7.09. The standard InChI is InChI=1S/C14H30N2O2/c1-5-18-10-8-6-7-9-15-14(17)12-16(4)11-13(2)3/h13H,5-12H2,1-4H3,(H,15,17). The zero-order valence-corrected chi connectivity index (χ0v) is 12.5. The Hall–Kier alpha value is -0.610. The predicted molar refractivity (Wildman–Crippen MR) is 75.7 cm³/mol. The third-order valence-corrected chi connectivity index (χ3v) is 2.58. The number of rotatable bonds is 11. The summed E-state index contributed by atoms with van der Waals surface area (Å²) >= 11 is 0. The van der Waals surface area contributed by atoms with Gasteiger partial charge in [0.2, 0.25) is 5.91 Å². The molecule has 0 aliphatic rings. The van der Waals surface area contributed by atoms with E-state index in [0.717, 1.165) is 45.6 Å². The highest BCUT2D eigenvalue weighted by Gasteiger charge is 2.06. The molecular formula is C14H30N2O2. The highest BCUT2D eigenvalue weighted by Crippen LogP contribution is 1.96. The summed E-state index contributed by atoms with van der Waals surface area (Å²) in [6.07, 6.45) is 3.23. The molecule has 1 N–H and O–H groups in total. The van der Waals surface area contributed by atoms with Crippen molar-refractivity contribution in [3.8, 4) is 0 Å². The molecule has 0 saturated heterocycles. The zero-order chi connectivity index (χ0) is 13.8. The number of unbranched alkanes of at least 4 members (excludes halogenated alkanes) is 2. The van der Waals surface area contributed by atoms with E-state index < -0.39 is 0 Å². The van der Waals surface area contributed by atoms with Crippen LogP contribution >= 0.6 is 0 Å². The Balaban J connectivity index is 3.36. The molecular weight excluding hydrogens is 228 g/mol. The van der Waals surface area contributed by atoms with Gasteiger partial charge in [-0.3, -0.25) is 9.69 Å². The molecule has 4 heteroatoms. The Morgan fingerprint density at radius 3 is 2.61 bits per heavy atom. The van der Waals surface area contributed by atoms with Crippen LogP contribution in [0, 0.1) is 5.92 Å². The van der Waals surface area contributed by atoms with Gasteiger partial charge in [-0.1, -0.05) is 13.8 Å².